The Hall–Kier alpha value is -2.74. The molecule has 0 saturated carbocycles. The van der Waals surface area contributed by atoms with Crippen molar-refractivity contribution >= 4 is 33.0 Å². The number of halogens is 3. The highest BCUT2D eigenvalue weighted by Gasteiger charge is 2.46. The van der Waals surface area contributed by atoms with Gasteiger partial charge in [0.1, 0.15) is 5.71 Å². The summed E-state index contributed by atoms with van der Waals surface area (Å²) in [6.07, 6.45) is 5.27. The maximum Gasteiger partial charge on any atom is 0.516 e. The highest BCUT2D eigenvalue weighted by atomic mass is 32.2. The first kappa shape index (κ1) is 20.6. The summed E-state index contributed by atoms with van der Waals surface area (Å²) in [5, 5.41) is 3.65. The number of carbonyl (C=O) groups excluding carboxylic acids is 1. The van der Waals surface area contributed by atoms with Crippen molar-refractivity contribution in [2.24, 2.45) is 5.16 Å². The van der Waals surface area contributed by atoms with Crippen LogP contribution < -0.4 is 9.62 Å². The molecule has 1 heterocycles. The average Bonchev–Trinajstić information content (AvgIpc) is 2.90. The minimum atomic E-state index is -5.58. The maximum atomic E-state index is 12.6. The van der Waals surface area contributed by atoms with Crippen molar-refractivity contribution in [2.75, 3.05) is 22.8 Å². The number of nitrogens with zero attached hydrogens (tertiary/aromatic N) is 2. The van der Waals surface area contributed by atoms with E-state index in [1.54, 1.807) is 6.92 Å². The number of nitrogens with one attached hydrogen (secondary N) is 1. The van der Waals surface area contributed by atoms with Gasteiger partial charge in [-0.25, -0.2) is 0 Å². The fourth-order valence-electron chi connectivity index (χ4n) is 2.49. The van der Waals surface area contributed by atoms with Gasteiger partial charge in [-0.05, 0) is 31.0 Å². The molecule has 1 aliphatic rings. The van der Waals surface area contributed by atoms with Crippen LogP contribution in [0.1, 0.15) is 17.5 Å². The summed E-state index contributed by atoms with van der Waals surface area (Å²) in [4.78, 5) is 18.5. The Bertz CT molecular complexity index is 933. The lowest BCUT2D eigenvalue weighted by Gasteiger charge is -2.21. The van der Waals surface area contributed by atoms with Crippen LogP contribution >= 0.6 is 0 Å². The molecule has 7 nitrogen and oxygen atoms in total. The van der Waals surface area contributed by atoms with Gasteiger partial charge < -0.3 is 9.74 Å². The molecule has 0 unspecified atom stereocenters. The summed E-state index contributed by atoms with van der Waals surface area (Å²) in [6, 6.07) is 2.68. The van der Waals surface area contributed by atoms with Gasteiger partial charge in [0.2, 0.25) is 0 Å². The summed E-state index contributed by atoms with van der Waals surface area (Å²) in [7, 11) is -5.58. The monoisotopic (exact) mass is 403 g/mol. The first-order valence-electron chi connectivity index (χ1n) is 7.62. The Balaban J connectivity index is 2.36. The van der Waals surface area contributed by atoms with E-state index in [0.29, 0.717) is 5.56 Å². The van der Waals surface area contributed by atoms with Crippen LogP contribution in [0, 0.1) is 26.2 Å². The Morgan fingerprint density at radius 2 is 2.00 bits per heavy atom. The number of rotatable bonds is 5. The standard InChI is InChI=1S/C16H16F3N3O4S/c1-4-7-26-20-12-5-6-22(15(12)23)14-9-13(10(2)8-11(14)3)21-27(24,25)16(17,18)19/h1,8-9,21H,5-7H2,2-3H3. The smallest absolute Gasteiger partial charge is 0.382 e. The van der Waals surface area contributed by atoms with Gasteiger partial charge in [0.15, 0.2) is 6.61 Å². The number of oxime groups is 1. The topological polar surface area (TPSA) is 88.1 Å². The Morgan fingerprint density at radius 3 is 2.59 bits per heavy atom. The van der Waals surface area contributed by atoms with Gasteiger partial charge in [0.05, 0.1) is 5.69 Å². The van der Waals surface area contributed by atoms with Crippen LogP contribution in [0.4, 0.5) is 24.5 Å². The fourth-order valence-corrected chi connectivity index (χ4v) is 3.11. The lowest BCUT2D eigenvalue weighted by atomic mass is 10.1. The maximum absolute atomic E-state index is 12.6. The van der Waals surface area contributed by atoms with Gasteiger partial charge >= 0.3 is 15.5 Å². The summed E-state index contributed by atoms with van der Waals surface area (Å²) in [6.45, 7) is 3.22. The molecule has 146 valence electrons. The molecule has 1 aromatic rings. The van der Waals surface area contributed by atoms with Gasteiger partial charge in [0.25, 0.3) is 5.91 Å². The molecule has 0 spiro atoms. The fraction of sp³-hybridized carbons (Fsp3) is 0.375. The zero-order valence-corrected chi connectivity index (χ0v) is 15.2. The summed E-state index contributed by atoms with van der Waals surface area (Å²) >= 11 is 0. The number of benzene rings is 1. The van der Waals surface area contributed by atoms with Gasteiger partial charge in [-0.2, -0.15) is 21.6 Å². The van der Waals surface area contributed by atoms with E-state index in [2.05, 4.69) is 11.1 Å². The van der Waals surface area contributed by atoms with Gasteiger partial charge in [-0.3, -0.25) is 9.52 Å². The van der Waals surface area contributed by atoms with E-state index in [4.69, 9.17) is 11.3 Å². The van der Waals surface area contributed by atoms with Crippen molar-refractivity contribution in [3.63, 3.8) is 0 Å². The van der Waals surface area contributed by atoms with Crippen LogP contribution in [0.15, 0.2) is 17.3 Å². The minimum Gasteiger partial charge on any atom is -0.382 e. The lowest BCUT2D eigenvalue weighted by molar-refractivity contribution is -0.112. The van der Waals surface area contributed by atoms with Crippen LogP contribution in [0.2, 0.25) is 0 Å². The molecule has 1 aromatic carbocycles. The quantitative estimate of drug-likeness (QED) is 0.464. The number of anilines is 2. The SMILES string of the molecule is C#CCON=C1CCN(c2cc(NS(=O)(=O)C(F)(F)F)c(C)cc2C)C1=O. The molecule has 0 atom stereocenters. The lowest BCUT2D eigenvalue weighted by Crippen LogP contribution is -2.31. The molecule has 0 aliphatic carbocycles. The summed E-state index contributed by atoms with van der Waals surface area (Å²) in [5.74, 6) is 1.70. The van der Waals surface area contributed by atoms with Crippen LogP contribution in [0.5, 0.6) is 0 Å². The number of hydrogen-bond acceptors (Lipinski definition) is 5. The Morgan fingerprint density at radius 1 is 1.33 bits per heavy atom. The van der Waals surface area contributed by atoms with E-state index in [1.807, 2.05) is 0 Å². The molecule has 1 N–H and O–H groups in total. The second kappa shape index (κ2) is 7.48. The van der Waals surface area contributed by atoms with E-state index >= 15 is 0 Å². The van der Waals surface area contributed by atoms with Crippen LogP contribution in [-0.2, 0) is 19.7 Å². The van der Waals surface area contributed by atoms with E-state index in [0.717, 1.165) is 0 Å². The van der Waals surface area contributed by atoms with Gasteiger partial charge in [0, 0.05) is 18.7 Å². The minimum absolute atomic E-state index is 0.107. The number of aryl methyl sites for hydroxylation is 2. The molecule has 1 fully saturated rings. The molecular formula is C16H16F3N3O4S. The van der Waals surface area contributed by atoms with E-state index in [9.17, 15) is 26.4 Å². The van der Waals surface area contributed by atoms with Gasteiger partial charge in [-0.15, -0.1) is 6.42 Å². The first-order chi connectivity index (χ1) is 12.5. The van der Waals surface area contributed by atoms with Crippen molar-refractivity contribution < 1.29 is 31.2 Å². The number of alkyl halides is 3. The third kappa shape index (κ3) is 4.33. The number of amides is 1. The molecule has 2 rings (SSSR count). The van der Waals surface area contributed by atoms with Crippen LogP contribution in [0.3, 0.4) is 0 Å². The zero-order chi connectivity index (χ0) is 20.4. The van der Waals surface area contributed by atoms with Crippen molar-refractivity contribution in [3.8, 4) is 12.3 Å². The molecule has 0 bridgehead atoms. The first-order valence-corrected chi connectivity index (χ1v) is 9.10. The number of carbonyl (C=O) groups is 1. The van der Waals surface area contributed by atoms with Crippen molar-refractivity contribution in [2.45, 2.75) is 25.8 Å². The van der Waals surface area contributed by atoms with E-state index < -0.39 is 21.4 Å². The van der Waals surface area contributed by atoms with E-state index in [-0.39, 0.29) is 42.2 Å². The highest BCUT2D eigenvalue weighted by molar-refractivity contribution is 7.93. The zero-order valence-electron chi connectivity index (χ0n) is 14.4. The third-order valence-corrected chi connectivity index (χ3v) is 4.87. The predicted octanol–water partition coefficient (Wildman–Crippen LogP) is 2.31. The van der Waals surface area contributed by atoms with Crippen molar-refractivity contribution in [3.05, 3.63) is 23.3 Å². The molecule has 1 saturated heterocycles. The largest absolute Gasteiger partial charge is 0.516 e. The summed E-state index contributed by atoms with van der Waals surface area (Å²) < 4.78 is 62.2. The molecular weight excluding hydrogens is 387 g/mol. The van der Waals surface area contributed by atoms with E-state index in [1.165, 1.54) is 28.7 Å². The average molecular weight is 403 g/mol. The molecule has 27 heavy (non-hydrogen) atoms. The summed E-state index contributed by atoms with van der Waals surface area (Å²) in [5.41, 5.74) is -4.48. The third-order valence-electron chi connectivity index (χ3n) is 3.77. The second-order valence-corrected chi connectivity index (χ2v) is 7.40. The van der Waals surface area contributed by atoms with Crippen molar-refractivity contribution in [1.82, 2.24) is 0 Å². The molecule has 11 heteroatoms. The Labute approximate surface area is 154 Å². The van der Waals surface area contributed by atoms with Gasteiger partial charge in [-0.1, -0.05) is 17.1 Å². The normalized spacial score (nSPS) is 16.5. The Kier molecular flexibility index (Phi) is 5.70. The number of sulfonamides is 1. The molecule has 0 radical (unpaired) electrons. The second-order valence-electron chi connectivity index (χ2n) is 5.73. The molecule has 1 aliphatic heterocycles. The van der Waals surface area contributed by atoms with Crippen LogP contribution in [-0.4, -0.2) is 38.7 Å². The number of terminal acetylenes is 1. The molecule has 1 amide bonds. The predicted molar refractivity (Wildman–Crippen MR) is 93.7 cm³/mol. The highest BCUT2D eigenvalue weighted by Crippen LogP contribution is 2.33. The molecule has 0 aromatic heterocycles. The van der Waals surface area contributed by atoms with Crippen LogP contribution in [0.25, 0.3) is 0 Å². The number of hydrogen-bond donors (Lipinski definition) is 1. The van der Waals surface area contributed by atoms with Crippen molar-refractivity contribution in [1.29, 1.82) is 0 Å².